The number of pyridine rings is 1. The lowest BCUT2D eigenvalue weighted by Crippen LogP contribution is -2.09. The van der Waals surface area contributed by atoms with Gasteiger partial charge in [0.2, 0.25) is 11.6 Å². The molecule has 34 heavy (non-hydrogen) atoms. The molecule has 0 atom stereocenters. The molecule has 0 aliphatic rings. The SMILES string of the molecule is CCCCc1nc(C(=O)Cc2ccccc2)nn1Cc1ccc(-c2ccccc2C(=O)O)nc1. The number of rotatable bonds is 10. The summed E-state index contributed by atoms with van der Waals surface area (Å²) in [4.78, 5) is 33.4. The third kappa shape index (κ3) is 5.43. The number of carbonyl (C=O) groups is 2. The van der Waals surface area contributed by atoms with Crippen molar-refractivity contribution in [2.45, 2.75) is 39.2 Å². The van der Waals surface area contributed by atoms with Crippen LogP contribution in [0.5, 0.6) is 0 Å². The van der Waals surface area contributed by atoms with Crippen molar-refractivity contribution in [1.82, 2.24) is 19.7 Å². The van der Waals surface area contributed by atoms with Crippen LogP contribution in [0.2, 0.25) is 0 Å². The van der Waals surface area contributed by atoms with Gasteiger partial charge in [0, 0.05) is 24.6 Å². The van der Waals surface area contributed by atoms with Gasteiger partial charge in [-0.15, -0.1) is 5.10 Å². The molecule has 0 saturated heterocycles. The van der Waals surface area contributed by atoms with Crippen molar-refractivity contribution in [2.75, 3.05) is 0 Å². The van der Waals surface area contributed by atoms with E-state index in [9.17, 15) is 14.7 Å². The van der Waals surface area contributed by atoms with Gasteiger partial charge >= 0.3 is 5.97 Å². The summed E-state index contributed by atoms with van der Waals surface area (Å²) in [7, 11) is 0. The van der Waals surface area contributed by atoms with Crippen LogP contribution in [0.25, 0.3) is 11.3 Å². The summed E-state index contributed by atoms with van der Waals surface area (Å²) in [6.45, 7) is 2.54. The third-order valence-electron chi connectivity index (χ3n) is 5.55. The largest absolute Gasteiger partial charge is 0.478 e. The smallest absolute Gasteiger partial charge is 0.336 e. The average Bonchev–Trinajstić information content (AvgIpc) is 3.26. The zero-order valence-corrected chi connectivity index (χ0v) is 19.0. The minimum atomic E-state index is -0.989. The fraction of sp³-hybridized carbons (Fsp3) is 0.222. The number of Topliss-reactive ketones (excluding diaryl/α,β-unsaturated/α-hetero) is 1. The number of hydrogen-bond donors (Lipinski definition) is 1. The fourth-order valence-corrected chi connectivity index (χ4v) is 3.74. The number of ketones is 1. The lowest BCUT2D eigenvalue weighted by molar-refractivity contribution is 0.0697. The number of carbonyl (C=O) groups excluding carboxylic acids is 1. The topological polar surface area (TPSA) is 98.0 Å². The van der Waals surface area contributed by atoms with Crippen molar-refractivity contribution in [1.29, 1.82) is 0 Å². The van der Waals surface area contributed by atoms with E-state index in [0.717, 1.165) is 36.2 Å². The summed E-state index contributed by atoms with van der Waals surface area (Å²) in [5, 5.41) is 14.0. The van der Waals surface area contributed by atoms with Crippen molar-refractivity contribution < 1.29 is 14.7 Å². The summed E-state index contributed by atoms with van der Waals surface area (Å²) in [6, 6.07) is 20.1. The second kappa shape index (κ2) is 10.7. The van der Waals surface area contributed by atoms with Gasteiger partial charge in [-0.25, -0.2) is 14.5 Å². The van der Waals surface area contributed by atoms with Crippen molar-refractivity contribution in [3.05, 3.63) is 101 Å². The molecule has 0 bridgehead atoms. The highest BCUT2D eigenvalue weighted by Crippen LogP contribution is 2.22. The van der Waals surface area contributed by atoms with Crippen molar-refractivity contribution >= 4 is 11.8 Å². The second-order valence-corrected chi connectivity index (χ2v) is 8.10. The summed E-state index contributed by atoms with van der Waals surface area (Å²) in [6.07, 6.45) is 4.68. The van der Waals surface area contributed by atoms with Crippen LogP contribution in [0.3, 0.4) is 0 Å². The predicted molar refractivity (Wildman–Crippen MR) is 129 cm³/mol. The van der Waals surface area contributed by atoms with Gasteiger partial charge in [-0.1, -0.05) is 67.9 Å². The standard InChI is InChI=1S/C27H26N4O3/c1-2-3-13-25-29-26(24(32)16-19-9-5-4-6-10-19)30-31(25)18-20-14-15-23(28-17-20)21-11-7-8-12-22(21)27(33)34/h4-12,14-15,17H,2-3,13,16,18H2,1H3,(H,33,34). The molecule has 2 aromatic heterocycles. The van der Waals surface area contributed by atoms with Crippen LogP contribution in [0.4, 0.5) is 0 Å². The number of nitrogens with zero attached hydrogens (tertiary/aromatic N) is 4. The number of aromatic carboxylic acids is 1. The number of hydrogen-bond acceptors (Lipinski definition) is 5. The van der Waals surface area contributed by atoms with Crippen LogP contribution < -0.4 is 0 Å². The number of carboxylic acids is 1. The molecule has 0 amide bonds. The zero-order valence-electron chi connectivity index (χ0n) is 19.0. The fourth-order valence-electron chi connectivity index (χ4n) is 3.74. The monoisotopic (exact) mass is 454 g/mol. The second-order valence-electron chi connectivity index (χ2n) is 8.10. The Bertz CT molecular complexity index is 1280. The van der Waals surface area contributed by atoms with Gasteiger partial charge in [0.25, 0.3) is 0 Å². The van der Waals surface area contributed by atoms with Crippen molar-refractivity contribution in [3.8, 4) is 11.3 Å². The number of aryl methyl sites for hydroxylation is 1. The van der Waals surface area contributed by atoms with E-state index in [1.54, 1.807) is 41.2 Å². The normalized spacial score (nSPS) is 10.9. The molecule has 0 aliphatic heterocycles. The van der Waals surface area contributed by atoms with Crippen LogP contribution >= 0.6 is 0 Å². The Morgan fingerprint density at radius 1 is 0.941 bits per heavy atom. The molecule has 0 unspecified atom stereocenters. The first-order chi connectivity index (χ1) is 16.5. The summed E-state index contributed by atoms with van der Waals surface area (Å²) >= 11 is 0. The first-order valence-electron chi connectivity index (χ1n) is 11.3. The van der Waals surface area contributed by atoms with E-state index in [2.05, 4.69) is 22.0 Å². The van der Waals surface area contributed by atoms with Crippen LogP contribution in [0.1, 0.15) is 57.7 Å². The molecule has 2 heterocycles. The zero-order chi connectivity index (χ0) is 23.9. The first kappa shape index (κ1) is 23.0. The Morgan fingerprint density at radius 3 is 2.41 bits per heavy atom. The number of benzene rings is 2. The number of unbranched alkanes of at least 4 members (excludes halogenated alkanes) is 1. The Hall–Kier alpha value is -4.13. The van der Waals surface area contributed by atoms with E-state index in [0.29, 0.717) is 17.8 Å². The molecule has 0 saturated carbocycles. The van der Waals surface area contributed by atoms with Crippen LogP contribution in [-0.2, 0) is 19.4 Å². The Balaban J connectivity index is 1.55. The molecule has 7 nitrogen and oxygen atoms in total. The molecule has 0 radical (unpaired) electrons. The molecule has 1 N–H and O–H groups in total. The van der Waals surface area contributed by atoms with Crippen molar-refractivity contribution in [3.63, 3.8) is 0 Å². The van der Waals surface area contributed by atoms with Gasteiger partial charge in [-0.05, 0) is 29.7 Å². The quantitative estimate of drug-likeness (QED) is 0.344. The van der Waals surface area contributed by atoms with E-state index < -0.39 is 5.97 Å². The predicted octanol–water partition coefficient (Wildman–Crippen LogP) is 4.85. The average molecular weight is 455 g/mol. The van der Waals surface area contributed by atoms with Crippen LogP contribution in [0.15, 0.2) is 72.9 Å². The maximum absolute atomic E-state index is 12.8. The summed E-state index contributed by atoms with van der Waals surface area (Å²) in [5.74, 6) is -0.0905. The summed E-state index contributed by atoms with van der Waals surface area (Å²) in [5.41, 5.74) is 3.19. The summed E-state index contributed by atoms with van der Waals surface area (Å²) < 4.78 is 1.77. The minimum absolute atomic E-state index is 0.110. The van der Waals surface area contributed by atoms with Gasteiger partial charge in [-0.3, -0.25) is 9.78 Å². The van der Waals surface area contributed by atoms with Gasteiger partial charge in [0.15, 0.2) is 0 Å². The van der Waals surface area contributed by atoms with E-state index >= 15 is 0 Å². The number of aromatic nitrogens is 4. The van der Waals surface area contributed by atoms with Gasteiger partial charge in [-0.2, -0.15) is 0 Å². The van der Waals surface area contributed by atoms with Crippen LogP contribution in [-0.4, -0.2) is 36.6 Å². The number of carboxylic acid groups (broad SMARTS) is 1. The Kier molecular flexibility index (Phi) is 7.22. The molecule has 4 rings (SSSR count). The molecule has 0 aliphatic carbocycles. The highest BCUT2D eigenvalue weighted by Gasteiger charge is 2.17. The third-order valence-corrected chi connectivity index (χ3v) is 5.55. The molecule has 172 valence electrons. The molecule has 0 spiro atoms. The van der Waals surface area contributed by atoms with Gasteiger partial charge < -0.3 is 5.11 Å². The molecule has 7 heteroatoms. The minimum Gasteiger partial charge on any atom is -0.478 e. The lowest BCUT2D eigenvalue weighted by Gasteiger charge is -2.08. The van der Waals surface area contributed by atoms with Gasteiger partial charge in [0.1, 0.15) is 5.82 Å². The molecule has 0 fully saturated rings. The van der Waals surface area contributed by atoms with E-state index in [1.807, 2.05) is 36.4 Å². The van der Waals surface area contributed by atoms with Crippen LogP contribution in [0, 0.1) is 0 Å². The van der Waals surface area contributed by atoms with Gasteiger partial charge in [0.05, 0.1) is 17.8 Å². The van der Waals surface area contributed by atoms with E-state index in [-0.39, 0.29) is 23.6 Å². The molecular formula is C27H26N4O3. The highest BCUT2D eigenvalue weighted by atomic mass is 16.4. The van der Waals surface area contributed by atoms with E-state index in [1.165, 1.54) is 0 Å². The maximum atomic E-state index is 12.8. The molecular weight excluding hydrogens is 428 g/mol. The lowest BCUT2D eigenvalue weighted by atomic mass is 10.0. The Labute approximate surface area is 198 Å². The van der Waals surface area contributed by atoms with E-state index in [4.69, 9.17) is 0 Å². The van der Waals surface area contributed by atoms with Crippen molar-refractivity contribution in [2.24, 2.45) is 0 Å². The molecule has 4 aromatic rings. The Morgan fingerprint density at radius 2 is 1.71 bits per heavy atom. The first-order valence-corrected chi connectivity index (χ1v) is 11.3. The maximum Gasteiger partial charge on any atom is 0.336 e. The highest BCUT2D eigenvalue weighted by molar-refractivity contribution is 5.95. The molecule has 2 aromatic carbocycles.